The van der Waals surface area contributed by atoms with E-state index in [2.05, 4.69) is 31.4 Å². The van der Waals surface area contributed by atoms with Crippen LogP contribution in [0.5, 0.6) is 0 Å². The van der Waals surface area contributed by atoms with Gasteiger partial charge in [0.25, 0.3) is 5.69 Å². The highest BCUT2D eigenvalue weighted by Crippen LogP contribution is 2.22. The van der Waals surface area contributed by atoms with Crippen molar-refractivity contribution in [2.24, 2.45) is 0 Å². The zero-order valence-electron chi connectivity index (χ0n) is 11.6. The Kier molecular flexibility index (Phi) is 4.02. The van der Waals surface area contributed by atoms with Crippen LogP contribution in [0.15, 0.2) is 47.3 Å². The fraction of sp³-hybridized carbons (Fsp3) is 0.0714. The van der Waals surface area contributed by atoms with Crippen LogP contribution in [0, 0.1) is 10.1 Å². The Hall–Kier alpha value is -2.81. The third-order valence-electron chi connectivity index (χ3n) is 3.17. The number of nitrogens with zero attached hydrogens (tertiary/aromatic N) is 4. The highest BCUT2D eigenvalue weighted by Gasteiger charge is 2.16. The summed E-state index contributed by atoms with van der Waals surface area (Å²) >= 11 is 3.34. The van der Waals surface area contributed by atoms with Crippen molar-refractivity contribution in [2.75, 3.05) is 5.32 Å². The number of pyridine rings is 1. The van der Waals surface area contributed by atoms with Crippen molar-refractivity contribution in [3.63, 3.8) is 0 Å². The molecule has 0 aliphatic carbocycles. The highest BCUT2D eigenvalue weighted by atomic mass is 79.9. The number of anilines is 1. The molecule has 0 fully saturated rings. The molecule has 2 aromatic heterocycles. The molecule has 0 radical (unpaired) electrons. The number of amides is 1. The number of rotatable bonds is 4. The summed E-state index contributed by atoms with van der Waals surface area (Å²) in [4.78, 5) is 22.7. The van der Waals surface area contributed by atoms with Gasteiger partial charge in [0.1, 0.15) is 6.33 Å². The molecule has 0 saturated carbocycles. The van der Waals surface area contributed by atoms with Crippen LogP contribution in [-0.2, 0) is 11.2 Å². The Morgan fingerprint density at radius 3 is 2.96 bits per heavy atom. The molecule has 1 amide bonds. The first-order valence-electron chi connectivity index (χ1n) is 6.55. The summed E-state index contributed by atoms with van der Waals surface area (Å²) in [6, 6.07) is 7.85. The third kappa shape index (κ3) is 3.19. The molecule has 0 aliphatic heterocycles. The molecule has 1 aromatic carbocycles. The molecule has 3 rings (SSSR count). The van der Waals surface area contributed by atoms with Crippen LogP contribution < -0.4 is 5.32 Å². The number of hydrogen-bond acceptors (Lipinski definition) is 5. The van der Waals surface area contributed by atoms with E-state index in [1.54, 1.807) is 34.9 Å². The van der Waals surface area contributed by atoms with Gasteiger partial charge in [0.2, 0.25) is 5.91 Å². The number of nitrogens with one attached hydrogen (secondary N) is 1. The Morgan fingerprint density at radius 1 is 1.39 bits per heavy atom. The number of nitro benzene ring substituents is 1. The van der Waals surface area contributed by atoms with E-state index in [1.807, 2.05) is 0 Å². The number of para-hydroxylation sites is 1. The van der Waals surface area contributed by atoms with Gasteiger partial charge in [0.05, 0.1) is 17.0 Å². The van der Waals surface area contributed by atoms with Gasteiger partial charge >= 0.3 is 0 Å². The largest absolute Gasteiger partial charge is 0.323 e. The van der Waals surface area contributed by atoms with E-state index < -0.39 is 4.92 Å². The average Bonchev–Trinajstić information content (AvgIpc) is 2.95. The fourth-order valence-electron chi connectivity index (χ4n) is 2.20. The van der Waals surface area contributed by atoms with Gasteiger partial charge in [-0.1, -0.05) is 18.2 Å². The van der Waals surface area contributed by atoms with Crippen LogP contribution in [0.2, 0.25) is 0 Å². The second-order valence-corrected chi connectivity index (χ2v) is 5.66. The molecule has 0 bridgehead atoms. The maximum atomic E-state index is 12.2. The summed E-state index contributed by atoms with van der Waals surface area (Å²) in [6.07, 6.45) is 3.16. The predicted octanol–water partition coefficient (Wildman–Crippen LogP) is 2.58. The van der Waals surface area contributed by atoms with E-state index in [9.17, 15) is 14.9 Å². The zero-order chi connectivity index (χ0) is 16.4. The monoisotopic (exact) mass is 375 g/mol. The first-order valence-corrected chi connectivity index (χ1v) is 7.35. The first-order chi connectivity index (χ1) is 11.0. The third-order valence-corrected chi connectivity index (χ3v) is 3.61. The molecule has 1 N–H and O–H groups in total. The Bertz CT molecular complexity index is 908. The van der Waals surface area contributed by atoms with E-state index in [1.165, 1.54) is 12.4 Å². The van der Waals surface area contributed by atoms with Crippen LogP contribution in [0.1, 0.15) is 5.56 Å². The molecule has 0 atom stereocenters. The van der Waals surface area contributed by atoms with Gasteiger partial charge in [-0.2, -0.15) is 0 Å². The zero-order valence-corrected chi connectivity index (χ0v) is 13.2. The van der Waals surface area contributed by atoms with Crippen LogP contribution in [0.3, 0.4) is 0 Å². The van der Waals surface area contributed by atoms with E-state index in [-0.39, 0.29) is 18.0 Å². The molecule has 0 unspecified atom stereocenters. The Morgan fingerprint density at radius 2 is 2.17 bits per heavy atom. The van der Waals surface area contributed by atoms with Crippen molar-refractivity contribution in [3.8, 4) is 0 Å². The average molecular weight is 376 g/mol. The minimum atomic E-state index is -0.502. The van der Waals surface area contributed by atoms with Crippen molar-refractivity contribution >= 4 is 38.9 Å². The van der Waals surface area contributed by atoms with Gasteiger partial charge in [0.15, 0.2) is 5.65 Å². The quantitative estimate of drug-likeness (QED) is 0.557. The van der Waals surface area contributed by atoms with E-state index in [0.29, 0.717) is 16.9 Å². The van der Waals surface area contributed by atoms with Gasteiger partial charge in [-0.05, 0) is 22.0 Å². The second-order valence-electron chi connectivity index (χ2n) is 4.74. The fourth-order valence-corrected chi connectivity index (χ4v) is 2.65. The minimum absolute atomic E-state index is 0.0792. The van der Waals surface area contributed by atoms with Gasteiger partial charge in [-0.3, -0.25) is 19.3 Å². The first kappa shape index (κ1) is 15.1. The SMILES string of the molecule is O=C(Cc1ccccc1[N+](=O)[O-])Nc1cc(Br)cn2cnnc12. The normalized spacial score (nSPS) is 10.7. The van der Waals surface area contributed by atoms with E-state index >= 15 is 0 Å². The molecule has 3 aromatic rings. The summed E-state index contributed by atoms with van der Waals surface area (Å²) in [5.41, 5.74) is 1.23. The number of fused-ring (bicyclic) bond motifs is 1. The maximum absolute atomic E-state index is 12.2. The smallest absolute Gasteiger partial charge is 0.273 e. The maximum Gasteiger partial charge on any atom is 0.273 e. The summed E-state index contributed by atoms with van der Waals surface area (Å²) in [5, 5.41) is 21.4. The van der Waals surface area contributed by atoms with Gasteiger partial charge in [-0.15, -0.1) is 10.2 Å². The Labute approximate surface area is 138 Å². The van der Waals surface area contributed by atoms with Crippen molar-refractivity contribution in [2.45, 2.75) is 6.42 Å². The molecule has 0 aliphatic rings. The van der Waals surface area contributed by atoms with Crippen LogP contribution in [0.4, 0.5) is 11.4 Å². The van der Waals surface area contributed by atoms with Crippen molar-refractivity contribution in [1.82, 2.24) is 14.6 Å². The lowest BCUT2D eigenvalue weighted by Gasteiger charge is -2.07. The molecule has 0 saturated heterocycles. The van der Waals surface area contributed by atoms with E-state index in [0.717, 1.165) is 4.47 Å². The van der Waals surface area contributed by atoms with E-state index in [4.69, 9.17) is 0 Å². The van der Waals surface area contributed by atoms with Crippen molar-refractivity contribution in [3.05, 3.63) is 63.0 Å². The minimum Gasteiger partial charge on any atom is -0.323 e. The highest BCUT2D eigenvalue weighted by molar-refractivity contribution is 9.10. The Balaban J connectivity index is 1.85. The number of benzene rings is 1. The topological polar surface area (TPSA) is 102 Å². The second kappa shape index (κ2) is 6.13. The number of carbonyl (C=O) groups excluding carboxylic acids is 1. The molecular formula is C14H10BrN5O3. The summed E-state index contributed by atoms with van der Waals surface area (Å²) in [7, 11) is 0. The molecule has 0 spiro atoms. The van der Waals surface area contributed by atoms with Gasteiger partial charge in [-0.25, -0.2) is 0 Å². The lowest BCUT2D eigenvalue weighted by Crippen LogP contribution is -2.16. The molecule has 23 heavy (non-hydrogen) atoms. The van der Waals surface area contributed by atoms with Crippen molar-refractivity contribution < 1.29 is 9.72 Å². The van der Waals surface area contributed by atoms with Gasteiger partial charge in [0, 0.05) is 22.3 Å². The summed E-state index contributed by atoms with van der Waals surface area (Å²) in [6.45, 7) is 0. The molecule has 9 heteroatoms. The van der Waals surface area contributed by atoms with Crippen molar-refractivity contribution in [1.29, 1.82) is 0 Å². The number of carbonyl (C=O) groups is 1. The summed E-state index contributed by atoms with van der Waals surface area (Å²) < 4.78 is 2.40. The van der Waals surface area contributed by atoms with Gasteiger partial charge < -0.3 is 5.32 Å². The van der Waals surface area contributed by atoms with Crippen LogP contribution >= 0.6 is 15.9 Å². The lowest BCUT2D eigenvalue weighted by molar-refractivity contribution is -0.385. The number of hydrogen-bond donors (Lipinski definition) is 1. The number of halogens is 1. The number of nitro groups is 1. The predicted molar refractivity (Wildman–Crippen MR) is 86.1 cm³/mol. The molecule has 116 valence electrons. The lowest BCUT2D eigenvalue weighted by atomic mass is 10.1. The molecule has 8 nitrogen and oxygen atoms in total. The molecule has 2 heterocycles. The van der Waals surface area contributed by atoms with Crippen LogP contribution in [0.25, 0.3) is 5.65 Å². The standard InChI is InChI=1S/C14H10BrN5O3/c15-10-6-11(14-18-16-8-19(14)7-10)17-13(21)5-9-3-1-2-4-12(9)20(22)23/h1-4,6-8H,5H2,(H,17,21). The van der Waals surface area contributed by atoms with Crippen LogP contribution in [-0.4, -0.2) is 25.4 Å². The molecular weight excluding hydrogens is 366 g/mol. The number of aromatic nitrogens is 3. The summed E-state index contributed by atoms with van der Waals surface area (Å²) in [5.74, 6) is -0.373.